The summed E-state index contributed by atoms with van der Waals surface area (Å²) in [7, 11) is 0. The first-order chi connectivity index (χ1) is 12.5. The van der Waals surface area contributed by atoms with Gasteiger partial charge < -0.3 is 25.4 Å². The Morgan fingerprint density at radius 2 is 2.00 bits per heavy atom. The molecule has 0 saturated carbocycles. The zero-order valence-electron chi connectivity index (χ0n) is 13.4. The summed E-state index contributed by atoms with van der Waals surface area (Å²) < 4.78 is 10.5. The van der Waals surface area contributed by atoms with Gasteiger partial charge in [-0.15, -0.1) is 0 Å². The molecule has 1 aliphatic heterocycles. The fraction of sp³-hybridized carbons (Fsp3) is 0.188. The first-order valence-corrected chi connectivity index (χ1v) is 7.44. The standard InChI is InChI=1S/C16H15N3O7/c17-15(22)12-8(5-20)14(21)13(16(23)19-24)18-9(12)3-7-1-2-10-11(4-7)26-6-25-10/h1-2,4,20-21,24H,3,5-6H2,(H2,17,22)(H,19,23). The van der Waals surface area contributed by atoms with Crippen LogP contribution in [0.2, 0.25) is 0 Å². The van der Waals surface area contributed by atoms with Gasteiger partial charge in [-0.3, -0.25) is 14.8 Å². The van der Waals surface area contributed by atoms with Gasteiger partial charge in [0, 0.05) is 12.0 Å². The first-order valence-electron chi connectivity index (χ1n) is 7.44. The van der Waals surface area contributed by atoms with Crippen LogP contribution in [0.25, 0.3) is 0 Å². The largest absolute Gasteiger partial charge is 0.505 e. The number of carbonyl (C=O) groups excluding carboxylic acids is 2. The summed E-state index contributed by atoms with van der Waals surface area (Å²) >= 11 is 0. The second kappa shape index (κ2) is 6.86. The predicted molar refractivity (Wildman–Crippen MR) is 85.0 cm³/mol. The molecule has 136 valence electrons. The van der Waals surface area contributed by atoms with Crippen LogP contribution in [0.4, 0.5) is 0 Å². The van der Waals surface area contributed by atoms with E-state index in [1.165, 1.54) is 5.48 Å². The Morgan fingerprint density at radius 3 is 2.65 bits per heavy atom. The Kier molecular flexibility index (Phi) is 4.61. The van der Waals surface area contributed by atoms with Gasteiger partial charge in [-0.25, -0.2) is 10.5 Å². The molecule has 3 rings (SSSR count). The van der Waals surface area contributed by atoms with Crippen LogP contribution in [0.15, 0.2) is 18.2 Å². The number of amides is 2. The van der Waals surface area contributed by atoms with E-state index >= 15 is 0 Å². The van der Waals surface area contributed by atoms with Crippen molar-refractivity contribution in [3.63, 3.8) is 0 Å². The molecule has 10 heteroatoms. The summed E-state index contributed by atoms with van der Waals surface area (Å²) in [4.78, 5) is 27.5. The molecule has 1 aromatic carbocycles. The minimum Gasteiger partial charge on any atom is -0.505 e. The van der Waals surface area contributed by atoms with E-state index in [1.54, 1.807) is 18.2 Å². The lowest BCUT2D eigenvalue weighted by Crippen LogP contribution is -2.25. The molecule has 1 aromatic heterocycles. The number of fused-ring (bicyclic) bond motifs is 1. The molecule has 0 radical (unpaired) electrons. The summed E-state index contributed by atoms with van der Waals surface area (Å²) in [6.07, 6.45) is 0.0495. The van der Waals surface area contributed by atoms with Gasteiger partial charge >= 0.3 is 0 Å². The Morgan fingerprint density at radius 1 is 1.27 bits per heavy atom. The van der Waals surface area contributed by atoms with E-state index in [-0.39, 0.29) is 30.0 Å². The second-order valence-corrected chi connectivity index (χ2v) is 5.44. The van der Waals surface area contributed by atoms with Crippen LogP contribution in [-0.4, -0.2) is 39.0 Å². The van der Waals surface area contributed by atoms with Crippen molar-refractivity contribution in [1.29, 1.82) is 0 Å². The minimum absolute atomic E-state index is 0.0495. The Labute approximate surface area is 146 Å². The molecule has 0 aliphatic carbocycles. The van der Waals surface area contributed by atoms with Crippen LogP contribution in [-0.2, 0) is 13.0 Å². The van der Waals surface area contributed by atoms with Crippen molar-refractivity contribution >= 4 is 11.8 Å². The highest BCUT2D eigenvalue weighted by Gasteiger charge is 2.26. The van der Waals surface area contributed by atoms with Gasteiger partial charge in [0.2, 0.25) is 6.79 Å². The Hall–Kier alpha value is -3.37. The lowest BCUT2D eigenvalue weighted by Gasteiger charge is -2.15. The second-order valence-electron chi connectivity index (χ2n) is 5.44. The molecule has 0 unspecified atom stereocenters. The van der Waals surface area contributed by atoms with Gasteiger partial charge in [0.05, 0.1) is 17.9 Å². The van der Waals surface area contributed by atoms with Crippen LogP contribution in [0.1, 0.15) is 37.7 Å². The average Bonchev–Trinajstić information content (AvgIpc) is 3.09. The number of aromatic nitrogens is 1. The number of aromatic hydroxyl groups is 1. The van der Waals surface area contributed by atoms with Crippen LogP contribution in [0.5, 0.6) is 17.2 Å². The van der Waals surface area contributed by atoms with Crippen molar-refractivity contribution in [2.24, 2.45) is 5.73 Å². The van der Waals surface area contributed by atoms with E-state index < -0.39 is 29.9 Å². The highest BCUT2D eigenvalue weighted by atomic mass is 16.7. The smallest absolute Gasteiger partial charge is 0.297 e. The number of nitrogens with zero attached hydrogens (tertiary/aromatic N) is 1. The fourth-order valence-electron chi connectivity index (χ4n) is 2.71. The quantitative estimate of drug-likeness (QED) is 0.361. The molecule has 26 heavy (non-hydrogen) atoms. The molecule has 2 amide bonds. The Bertz CT molecular complexity index is 898. The number of aliphatic hydroxyl groups excluding tert-OH is 1. The summed E-state index contributed by atoms with van der Waals surface area (Å²) in [5, 5.41) is 28.4. The molecule has 0 fully saturated rings. The zero-order valence-corrected chi connectivity index (χ0v) is 13.4. The lowest BCUT2D eigenvalue weighted by molar-refractivity contribution is 0.0696. The van der Waals surface area contributed by atoms with Crippen molar-refractivity contribution < 1.29 is 34.5 Å². The number of rotatable bonds is 5. The van der Waals surface area contributed by atoms with Crippen molar-refractivity contribution in [3.8, 4) is 17.2 Å². The van der Waals surface area contributed by atoms with E-state index in [9.17, 15) is 19.8 Å². The molecule has 0 spiro atoms. The number of nitrogens with two attached hydrogens (primary N) is 1. The zero-order chi connectivity index (χ0) is 18.8. The number of hydroxylamine groups is 1. The molecular formula is C16H15N3O7. The number of hydrogen-bond acceptors (Lipinski definition) is 8. The van der Waals surface area contributed by atoms with E-state index in [2.05, 4.69) is 4.98 Å². The lowest BCUT2D eigenvalue weighted by atomic mass is 9.98. The van der Waals surface area contributed by atoms with Crippen molar-refractivity contribution in [1.82, 2.24) is 10.5 Å². The summed E-state index contributed by atoms with van der Waals surface area (Å²) in [5.74, 6) is -1.68. The normalized spacial score (nSPS) is 12.1. The summed E-state index contributed by atoms with van der Waals surface area (Å²) in [6, 6.07) is 5.06. The van der Waals surface area contributed by atoms with Crippen molar-refractivity contribution in [2.45, 2.75) is 13.0 Å². The summed E-state index contributed by atoms with van der Waals surface area (Å²) in [6.45, 7) is -0.662. The molecule has 1 aliphatic rings. The third kappa shape index (κ3) is 2.98. The number of carbonyl (C=O) groups is 2. The maximum atomic E-state index is 11.8. The van der Waals surface area contributed by atoms with Crippen LogP contribution in [0, 0.1) is 0 Å². The number of benzene rings is 1. The number of pyridine rings is 1. The fourth-order valence-corrected chi connectivity index (χ4v) is 2.71. The predicted octanol–water partition coefficient (Wildman–Crippen LogP) is -0.183. The van der Waals surface area contributed by atoms with Gasteiger partial charge in [0.25, 0.3) is 11.8 Å². The van der Waals surface area contributed by atoms with E-state index in [1.807, 2.05) is 0 Å². The van der Waals surface area contributed by atoms with Gasteiger partial charge in [0.15, 0.2) is 22.9 Å². The van der Waals surface area contributed by atoms with Crippen LogP contribution >= 0.6 is 0 Å². The topological polar surface area (TPSA) is 164 Å². The number of ether oxygens (including phenoxy) is 2. The van der Waals surface area contributed by atoms with Crippen molar-refractivity contribution in [3.05, 3.63) is 46.3 Å². The van der Waals surface area contributed by atoms with Crippen LogP contribution < -0.4 is 20.7 Å². The van der Waals surface area contributed by atoms with Crippen LogP contribution in [0.3, 0.4) is 0 Å². The van der Waals surface area contributed by atoms with E-state index in [0.717, 1.165) is 0 Å². The SMILES string of the molecule is NC(=O)c1c(Cc2ccc3c(c2)OCO3)nc(C(=O)NO)c(O)c1CO. The summed E-state index contributed by atoms with van der Waals surface area (Å²) in [5.41, 5.74) is 6.44. The number of nitrogens with one attached hydrogen (secondary N) is 1. The molecule has 6 N–H and O–H groups in total. The number of primary amides is 1. The molecule has 2 heterocycles. The van der Waals surface area contributed by atoms with E-state index in [0.29, 0.717) is 17.1 Å². The van der Waals surface area contributed by atoms with Gasteiger partial charge in [-0.1, -0.05) is 6.07 Å². The molecule has 10 nitrogen and oxygen atoms in total. The molecule has 0 bridgehead atoms. The number of hydrogen-bond donors (Lipinski definition) is 5. The average molecular weight is 361 g/mol. The molecular weight excluding hydrogens is 346 g/mol. The monoisotopic (exact) mass is 361 g/mol. The molecule has 2 aromatic rings. The molecule has 0 atom stereocenters. The maximum absolute atomic E-state index is 11.8. The third-order valence-electron chi connectivity index (χ3n) is 3.88. The van der Waals surface area contributed by atoms with Gasteiger partial charge in [-0.2, -0.15) is 0 Å². The number of aliphatic hydroxyl groups is 1. The first kappa shape index (κ1) is 17.5. The van der Waals surface area contributed by atoms with Gasteiger partial charge in [0.1, 0.15) is 0 Å². The highest BCUT2D eigenvalue weighted by Crippen LogP contribution is 2.34. The highest BCUT2D eigenvalue weighted by molar-refractivity contribution is 6.00. The van der Waals surface area contributed by atoms with Crippen molar-refractivity contribution in [2.75, 3.05) is 6.79 Å². The van der Waals surface area contributed by atoms with E-state index in [4.69, 9.17) is 20.4 Å². The van der Waals surface area contributed by atoms with Gasteiger partial charge in [-0.05, 0) is 17.7 Å². The maximum Gasteiger partial charge on any atom is 0.297 e. The minimum atomic E-state index is -1.10. The Balaban J connectivity index is 2.12. The molecule has 0 saturated heterocycles. The third-order valence-corrected chi connectivity index (χ3v) is 3.88.